The van der Waals surface area contributed by atoms with Crippen LogP contribution in [0.5, 0.6) is 0 Å². The first-order valence-electron chi connectivity index (χ1n) is 6.85. The molecular formula is C11H31IO3Si4. The van der Waals surface area contributed by atoms with Crippen molar-refractivity contribution >= 4 is 56.3 Å². The van der Waals surface area contributed by atoms with Crippen LogP contribution in [0.3, 0.4) is 0 Å². The quantitative estimate of drug-likeness (QED) is 0.299. The monoisotopic (exact) mass is 450 g/mol. The first-order valence-corrected chi connectivity index (χ1v) is 20.5. The first kappa shape index (κ1) is 20.5. The Balaban J connectivity index is 5.34. The summed E-state index contributed by atoms with van der Waals surface area (Å²) in [7, 11) is -7.55. The zero-order valence-corrected chi connectivity index (χ0v) is 20.2. The van der Waals surface area contributed by atoms with E-state index in [1.54, 1.807) is 0 Å². The third kappa shape index (κ3) is 10.8. The topological polar surface area (TPSA) is 27.7 Å². The van der Waals surface area contributed by atoms with Gasteiger partial charge in [0.25, 0.3) is 0 Å². The minimum atomic E-state index is -2.52. The first-order chi connectivity index (χ1) is 8.18. The lowest BCUT2D eigenvalue weighted by atomic mass is 11.0. The van der Waals surface area contributed by atoms with E-state index < -0.39 is 33.8 Å². The van der Waals surface area contributed by atoms with Crippen LogP contribution in [0, 0.1) is 0 Å². The minimum Gasteiger partial charge on any atom is -0.417 e. The summed E-state index contributed by atoms with van der Waals surface area (Å²) in [6.45, 7) is 20.0. The second-order valence-electron chi connectivity index (χ2n) is 7.77. The van der Waals surface area contributed by atoms with E-state index in [4.69, 9.17) is 12.3 Å². The van der Waals surface area contributed by atoms with Gasteiger partial charge >= 0.3 is 8.80 Å². The Labute approximate surface area is 137 Å². The number of hydrogen-bond acceptors (Lipinski definition) is 3. The summed E-state index contributed by atoms with van der Waals surface area (Å²) in [6.07, 6.45) is 0. The van der Waals surface area contributed by atoms with E-state index in [1.165, 1.54) is 0 Å². The van der Waals surface area contributed by atoms with Crippen LogP contribution in [0.1, 0.15) is 0 Å². The van der Waals surface area contributed by atoms with Gasteiger partial charge in [-0.15, -0.1) is 0 Å². The highest BCUT2D eigenvalue weighted by Gasteiger charge is 2.49. The SMILES string of the molecule is C[Si](C)(C)O[Si](CCI)(O[Si](C)(C)C)O[Si](C)(C)C. The summed E-state index contributed by atoms with van der Waals surface area (Å²) < 4.78 is 20.6. The molecule has 0 aliphatic rings. The molecule has 0 rings (SSSR count). The number of alkyl halides is 1. The van der Waals surface area contributed by atoms with Gasteiger partial charge in [0, 0.05) is 10.5 Å². The predicted octanol–water partition coefficient (Wildman–Crippen LogP) is 4.91. The van der Waals surface area contributed by atoms with E-state index in [1.807, 2.05) is 0 Å². The molecule has 0 spiro atoms. The smallest absolute Gasteiger partial charge is 0.417 e. The summed E-state index contributed by atoms with van der Waals surface area (Å²) in [5.41, 5.74) is 0. The van der Waals surface area contributed by atoms with Crippen LogP contribution in [-0.2, 0) is 12.3 Å². The molecule has 0 saturated carbocycles. The summed E-state index contributed by atoms with van der Waals surface area (Å²) in [6, 6.07) is 0.937. The minimum absolute atomic E-state index is 0.937. The largest absolute Gasteiger partial charge is 0.470 e. The molecule has 0 heterocycles. The van der Waals surface area contributed by atoms with Crippen molar-refractivity contribution in [1.82, 2.24) is 0 Å². The van der Waals surface area contributed by atoms with Crippen LogP contribution in [0.2, 0.25) is 65.0 Å². The van der Waals surface area contributed by atoms with Gasteiger partial charge in [0.05, 0.1) is 0 Å². The summed E-state index contributed by atoms with van der Waals surface area (Å²) >= 11 is 2.41. The molecule has 0 aromatic rings. The average Bonchev–Trinajstić information content (AvgIpc) is 1.90. The molecule has 0 atom stereocenters. The molecule has 0 aromatic carbocycles. The molecule has 0 aliphatic heterocycles. The Morgan fingerprint density at radius 3 is 1.05 bits per heavy atom. The van der Waals surface area contributed by atoms with E-state index in [2.05, 4.69) is 81.5 Å². The van der Waals surface area contributed by atoms with Crippen LogP contribution in [0.4, 0.5) is 0 Å². The molecule has 0 aromatic heterocycles. The van der Waals surface area contributed by atoms with Crippen LogP contribution in [0.25, 0.3) is 0 Å². The lowest BCUT2D eigenvalue weighted by Crippen LogP contribution is -2.60. The van der Waals surface area contributed by atoms with Gasteiger partial charge < -0.3 is 12.3 Å². The summed E-state index contributed by atoms with van der Waals surface area (Å²) in [5, 5.41) is 0. The molecular weight excluding hydrogens is 419 g/mol. The zero-order valence-electron chi connectivity index (χ0n) is 14.0. The van der Waals surface area contributed by atoms with Gasteiger partial charge in [-0.25, -0.2) is 0 Å². The molecule has 19 heavy (non-hydrogen) atoms. The van der Waals surface area contributed by atoms with Crippen molar-refractivity contribution in [2.75, 3.05) is 4.43 Å². The molecule has 0 unspecified atom stereocenters. The maximum Gasteiger partial charge on any atom is 0.470 e. The van der Waals surface area contributed by atoms with E-state index in [-0.39, 0.29) is 0 Å². The molecule has 0 radical (unpaired) electrons. The fraction of sp³-hybridized carbons (Fsp3) is 1.00. The van der Waals surface area contributed by atoms with Gasteiger partial charge in [0.2, 0.25) is 0 Å². The Bertz CT molecular complexity index is 240. The van der Waals surface area contributed by atoms with Gasteiger partial charge in [0.1, 0.15) is 0 Å². The van der Waals surface area contributed by atoms with E-state index in [9.17, 15) is 0 Å². The van der Waals surface area contributed by atoms with E-state index in [0.717, 1.165) is 10.5 Å². The van der Waals surface area contributed by atoms with E-state index >= 15 is 0 Å². The van der Waals surface area contributed by atoms with E-state index in [0.29, 0.717) is 0 Å². The van der Waals surface area contributed by atoms with Crippen molar-refractivity contribution in [2.24, 2.45) is 0 Å². The number of hydrogen-bond donors (Lipinski definition) is 0. The Morgan fingerprint density at radius 1 is 0.632 bits per heavy atom. The molecule has 0 fully saturated rings. The van der Waals surface area contributed by atoms with Crippen molar-refractivity contribution in [3.63, 3.8) is 0 Å². The molecule has 116 valence electrons. The fourth-order valence-electron chi connectivity index (χ4n) is 1.73. The van der Waals surface area contributed by atoms with Gasteiger partial charge in [-0.1, -0.05) is 22.6 Å². The third-order valence-corrected chi connectivity index (χ3v) is 15.3. The molecule has 0 saturated heterocycles. The fourth-order valence-corrected chi connectivity index (χ4v) is 18.0. The van der Waals surface area contributed by atoms with Crippen molar-refractivity contribution in [3.05, 3.63) is 0 Å². The molecule has 3 nitrogen and oxygen atoms in total. The standard InChI is InChI=1S/C11H31IO3Si4/c1-16(2,3)13-19(11-10-12,14-17(4,5)6)15-18(7,8)9/h10-11H2,1-9H3. The molecule has 0 aliphatic carbocycles. The highest BCUT2D eigenvalue weighted by Crippen LogP contribution is 2.29. The van der Waals surface area contributed by atoms with Gasteiger partial charge in [-0.05, 0) is 58.9 Å². The Kier molecular flexibility index (Phi) is 7.72. The number of halogens is 1. The third-order valence-electron chi connectivity index (χ3n) is 1.79. The second-order valence-corrected chi connectivity index (χ2v) is 25.8. The van der Waals surface area contributed by atoms with Crippen LogP contribution >= 0.6 is 22.6 Å². The van der Waals surface area contributed by atoms with Crippen molar-refractivity contribution in [1.29, 1.82) is 0 Å². The van der Waals surface area contributed by atoms with Crippen LogP contribution in [-0.4, -0.2) is 38.2 Å². The average molecular weight is 451 g/mol. The lowest BCUT2D eigenvalue weighted by molar-refractivity contribution is 0.255. The van der Waals surface area contributed by atoms with Crippen molar-refractivity contribution < 1.29 is 12.3 Å². The van der Waals surface area contributed by atoms with Crippen LogP contribution < -0.4 is 0 Å². The maximum absolute atomic E-state index is 6.52. The second kappa shape index (κ2) is 7.16. The summed E-state index contributed by atoms with van der Waals surface area (Å²) in [5.74, 6) is 0. The predicted molar refractivity (Wildman–Crippen MR) is 103 cm³/mol. The van der Waals surface area contributed by atoms with Crippen molar-refractivity contribution in [3.8, 4) is 0 Å². The Hall–Kier alpha value is 1.48. The number of rotatable bonds is 8. The molecule has 0 amide bonds. The lowest BCUT2D eigenvalue weighted by Gasteiger charge is -2.42. The maximum atomic E-state index is 6.52. The highest BCUT2D eigenvalue weighted by molar-refractivity contribution is 14.1. The molecule has 0 bridgehead atoms. The van der Waals surface area contributed by atoms with Gasteiger partial charge in [0.15, 0.2) is 25.0 Å². The molecule has 0 N–H and O–H groups in total. The van der Waals surface area contributed by atoms with Gasteiger partial charge in [-0.3, -0.25) is 0 Å². The summed E-state index contributed by atoms with van der Waals surface area (Å²) in [4.78, 5) is 0. The normalized spacial score (nSPS) is 14.8. The molecule has 8 heteroatoms. The van der Waals surface area contributed by atoms with Gasteiger partial charge in [-0.2, -0.15) is 0 Å². The zero-order chi connectivity index (χ0) is 15.5. The van der Waals surface area contributed by atoms with Crippen molar-refractivity contribution in [2.45, 2.75) is 65.0 Å². The van der Waals surface area contributed by atoms with Crippen LogP contribution in [0.15, 0.2) is 0 Å². The highest BCUT2D eigenvalue weighted by atomic mass is 127. The Morgan fingerprint density at radius 2 is 0.895 bits per heavy atom.